The highest BCUT2D eigenvalue weighted by molar-refractivity contribution is 14.0. The average Bonchev–Trinajstić information content (AvgIpc) is 3.09. The van der Waals surface area contributed by atoms with Gasteiger partial charge in [-0.1, -0.05) is 49.6 Å². The average molecular weight is 467 g/mol. The molecular formula is C20H30IN5. The Morgan fingerprint density at radius 2 is 1.96 bits per heavy atom. The van der Waals surface area contributed by atoms with Crippen LogP contribution in [0.25, 0.3) is 0 Å². The van der Waals surface area contributed by atoms with Gasteiger partial charge in [0.25, 0.3) is 0 Å². The van der Waals surface area contributed by atoms with Gasteiger partial charge in [0.1, 0.15) is 12.4 Å². The highest BCUT2D eigenvalue weighted by Gasteiger charge is 2.14. The molecule has 6 heteroatoms. The Morgan fingerprint density at radius 1 is 1.19 bits per heavy atom. The normalized spacial score (nSPS) is 15.3. The quantitative estimate of drug-likeness (QED) is 0.385. The highest BCUT2D eigenvalue weighted by Crippen LogP contribution is 2.17. The van der Waals surface area contributed by atoms with Crippen LogP contribution in [0.2, 0.25) is 0 Å². The molecule has 0 unspecified atom stereocenters. The maximum absolute atomic E-state index is 4.76. The molecule has 0 saturated heterocycles. The van der Waals surface area contributed by atoms with Crippen LogP contribution in [0.5, 0.6) is 0 Å². The summed E-state index contributed by atoms with van der Waals surface area (Å²) in [6.07, 6.45) is 10.4. The third kappa shape index (κ3) is 6.30. The zero-order valence-corrected chi connectivity index (χ0v) is 17.9. The molecule has 1 saturated carbocycles. The van der Waals surface area contributed by atoms with Crippen LogP contribution in [0.3, 0.4) is 0 Å². The van der Waals surface area contributed by atoms with Gasteiger partial charge < -0.3 is 15.2 Å². The molecule has 5 nitrogen and oxygen atoms in total. The van der Waals surface area contributed by atoms with Crippen molar-refractivity contribution in [2.75, 3.05) is 6.54 Å². The lowest BCUT2D eigenvalue weighted by Gasteiger charge is -2.24. The number of rotatable bonds is 6. The lowest BCUT2D eigenvalue weighted by atomic mass is 9.96. The number of aliphatic imine (C=N–C) groups is 1. The van der Waals surface area contributed by atoms with Gasteiger partial charge in [0.2, 0.25) is 0 Å². The van der Waals surface area contributed by atoms with E-state index >= 15 is 0 Å². The lowest BCUT2D eigenvalue weighted by molar-refractivity contribution is 0.410. The van der Waals surface area contributed by atoms with Crippen molar-refractivity contribution in [2.24, 2.45) is 4.99 Å². The monoisotopic (exact) mass is 467 g/mol. The summed E-state index contributed by atoms with van der Waals surface area (Å²) < 4.78 is 2.17. The fraction of sp³-hybridized carbons (Fsp3) is 0.500. The Morgan fingerprint density at radius 3 is 2.69 bits per heavy atom. The van der Waals surface area contributed by atoms with E-state index in [1.54, 1.807) is 0 Å². The van der Waals surface area contributed by atoms with Gasteiger partial charge in [-0.2, -0.15) is 0 Å². The topological polar surface area (TPSA) is 54.2 Å². The van der Waals surface area contributed by atoms with Crippen LogP contribution in [0, 0.1) is 0 Å². The molecule has 142 valence electrons. The van der Waals surface area contributed by atoms with Crippen molar-refractivity contribution in [1.82, 2.24) is 20.2 Å². The maximum Gasteiger partial charge on any atom is 0.191 e. The summed E-state index contributed by atoms with van der Waals surface area (Å²) in [6.45, 7) is 4.39. The van der Waals surface area contributed by atoms with Crippen LogP contribution < -0.4 is 10.6 Å². The molecule has 0 radical (unpaired) electrons. The Balaban J connectivity index is 0.00000243. The fourth-order valence-electron chi connectivity index (χ4n) is 3.33. The summed E-state index contributed by atoms with van der Waals surface area (Å²) in [7, 11) is 0. The van der Waals surface area contributed by atoms with Gasteiger partial charge in [0.15, 0.2) is 5.96 Å². The second kappa shape index (κ2) is 11.2. The Hall–Kier alpha value is -1.57. The molecule has 1 aliphatic rings. The first-order chi connectivity index (χ1) is 12.3. The van der Waals surface area contributed by atoms with Crippen LogP contribution in [-0.4, -0.2) is 28.1 Å². The van der Waals surface area contributed by atoms with Crippen molar-refractivity contribution < 1.29 is 0 Å². The molecule has 2 N–H and O–H groups in total. The van der Waals surface area contributed by atoms with Crippen LogP contribution in [0.15, 0.2) is 47.7 Å². The van der Waals surface area contributed by atoms with Gasteiger partial charge in [-0.05, 0) is 25.3 Å². The van der Waals surface area contributed by atoms with E-state index in [1.165, 1.54) is 37.7 Å². The van der Waals surface area contributed by atoms with Gasteiger partial charge in [0, 0.05) is 31.5 Å². The number of halogens is 1. The van der Waals surface area contributed by atoms with E-state index in [1.807, 2.05) is 18.5 Å². The summed E-state index contributed by atoms with van der Waals surface area (Å²) in [5, 5.41) is 6.95. The number of imidazole rings is 1. The fourth-order valence-corrected chi connectivity index (χ4v) is 3.33. The van der Waals surface area contributed by atoms with E-state index in [0.717, 1.165) is 24.9 Å². The number of hydrogen-bond donors (Lipinski definition) is 2. The Labute approximate surface area is 173 Å². The highest BCUT2D eigenvalue weighted by atomic mass is 127. The molecular weight excluding hydrogens is 437 g/mol. The second-order valence-corrected chi connectivity index (χ2v) is 6.63. The number of nitrogens with one attached hydrogen (secondary N) is 2. The van der Waals surface area contributed by atoms with Crippen LogP contribution in [0.1, 0.15) is 50.4 Å². The predicted octanol–water partition coefficient (Wildman–Crippen LogP) is 3.94. The summed E-state index contributed by atoms with van der Waals surface area (Å²) >= 11 is 0. The van der Waals surface area contributed by atoms with Gasteiger partial charge in [-0.15, -0.1) is 24.0 Å². The number of guanidine groups is 1. The largest absolute Gasteiger partial charge is 0.357 e. The van der Waals surface area contributed by atoms with Crippen molar-refractivity contribution in [3.8, 4) is 0 Å². The standard InChI is InChI=1S/C20H29N5.HI/c1-2-21-20(24-18-11-7-4-8-12-18)23-15-19-22-13-14-25(19)16-17-9-5-3-6-10-17;/h3,5-6,9-10,13-14,18H,2,4,7-8,11-12,15-16H2,1H3,(H2,21,23,24);1H. The van der Waals surface area contributed by atoms with Crippen molar-refractivity contribution in [3.05, 3.63) is 54.1 Å². The molecule has 0 atom stereocenters. The lowest BCUT2D eigenvalue weighted by Crippen LogP contribution is -2.44. The number of benzene rings is 1. The molecule has 0 bridgehead atoms. The van der Waals surface area contributed by atoms with E-state index in [2.05, 4.69) is 51.4 Å². The smallest absolute Gasteiger partial charge is 0.191 e. The summed E-state index contributed by atoms with van der Waals surface area (Å²) in [4.78, 5) is 9.25. The van der Waals surface area contributed by atoms with Gasteiger partial charge in [-0.3, -0.25) is 0 Å². The molecule has 26 heavy (non-hydrogen) atoms. The molecule has 1 aromatic carbocycles. The molecule has 1 aliphatic carbocycles. The molecule has 2 aromatic rings. The third-order valence-corrected chi connectivity index (χ3v) is 4.67. The molecule has 0 aliphatic heterocycles. The Bertz CT molecular complexity index is 662. The van der Waals surface area contributed by atoms with E-state index in [9.17, 15) is 0 Å². The molecule has 0 spiro atoms. The van der Waals surface area contributed by atoms with Crippen LogP contribution in [-0.2, 0) is 13.1 Å². The number of hydrogen-bond acceptors (Lipinski definition) is 2. The minimum absolute atomic E-state index is 0. The molecule has 0 amide bonds. The SMILES string of the molecule is CCNC(=NCc1nccn1Cc1ccccc1)NC1CCCCC1.I. The van der Waals surface area contributed by atoms with Crippen molar-refractivity contribution in [2.45, 2.75) is 58.2 Å². The minimum Gasteiger partial charge on any atom is -0.357 e. The summed E-state index contributed by atoms with van der Waals surface area (Å²) in [5.41, 5.74) is 1.28. The van der Waals surface area contributed by atoms with Crippen molar-refractivity contribution >= 4 is 29.9 Å². The first-order valence-electron chi connectivity index (χ1n) is 9.44. The first-order valence-corrected chi connectivity index (χ1v) is 9.44. The molecule has 1 aromatic heterocycles. The molecule has 1 heterocycles. The molecule has 3 rings (SSSR count). The van der Waals surface area contributed by atoms with E-state index < -0.39 is 0 Å². The maximum atomic E-state index is 4.76. The van der Waals surface area contributed by atoms with E-state index in [-0.39, 0.29) is 24.0 Å². The van der Waals surface area contributed by atoms with Gasteiger partial charge in [-0.25, -0.2) is 9.98 Å². The minimum atomic E-state index is 0. The van der Waals surface area contributed by atoms with Crippen LogP contribution in [0.4, 0.5) is 0 Å². The number of aromatic nitrogens is 2. The van der Waals surface area contributed by atoms with E-state index in [0.29, 0.717) is 12.6 Å². The van der Waals surface area contributed by atoms with Gasteiger partial charge in [0.05, 0.1) is 0 Å². The second-order valence-electron chi connectivity index (χ2n) is 6.63. The van der Waals surface area contributed by atoms with Crippen molar-refractivity contribution in [1.29, 1.82) is 0 Å². The van der Waals surface area contributed by atoms with Gasteiger partial charge >= 0.3 is 0 Å². The Kier molecular flexibility index (Phi) is 8.94. The third-order valence-electron chi connectivity index (χ3n) is 4.67. The predicted molar refractivity (Wildman–Crippen MR) is 118 cm³/mol. The summed E-state index contributed by atoms with van der Waals surface area (Å²) in [5.74, 6) is 1.90. The number of nitrogens with zero attached hydrogens (tertiary/aromatic N) is 3. The first kappa shape index (κ1) is 20.7. The zero-order chi connectivity index (χ0) is 17.3. The van der Waals surface area contributed by atoms with E-state index in [4.69, 9.17) is 4.99 Å². The van der Waals surface area contributed by atoms with Crippen LogP contribution >= 0.6 is 24.0 Å². The van der Waals surface area contributed by atoms with Crippen molar-refractivity contribution in [3.63, 3.8) is 0 Å². The summed E-state index contributed by atoms with van der Waals surface area (Å²) in [6, 6.07) is 11.0. The molecule has 1 fully saturated rings. The zero-order valence-electron chi connectivity index (χ0n) is 15.5.